The van der Waals surface area contributed by atoms with E-state index in [-0.39, 0.29) is 23.1 Å². The van der Waals surface area contributed by atoms with Crippen LogP contribution in [0.2, 0.25) is 5.02 Å². The van der Waals surface area contributed by atoms with E-state index in [1.54, 1.807) is 18.2 Å². The number of nitrogens with one attached hydrogen (secondary N) is 1. The fourth-order valence-electron chi connectivity index (χ4n) is 2.33. The van der Waals surface area contributed by atoms with Crippen molar-refractivity contribution in [2.45, 2.75) is 19.6 Å². The summed E-state index contributed by atoms with van der Waals surface area (Å²) in [5.74, 6) is -0.919. The lowest BCUT2D eigenvalue weighted by Crippen LogP contribution is -2.30. The molecule has 1 unspecified atom stereocenters. The fourth-order valence-corrected chi connectivity index (χ4v) is 2.55. The van der Waals surface area contributed by atoms with Crippen LogP contribution in [0.15, 0.2) is 65.1 Å². The third-order valence-corrected chi connectivity index (χ3v) is 4.14. The Morgan fingerprint density at radius 2 is 1.90 bits per heavy atom. The maximum atomic E-state index is 13.1. The van der Waals surface area contributed by atoms with Crippen LogP contribution in [0.4, 0.5) is 10.1 Å². The first-order chi connectivity index (χ1) is 13.9. The van der Waals surface area contributed by atoms with Gasteiger partial charge >= 0.3 is 5.97 Å². The van der Waals surface area contributed by atoms with Gasteiger partial charge < -0.3 is 19.2 Å². The van der Waals surface area contributed by atoms with Crippen molar-refractivity contribution in [1.82, 2.24) is 0 Å². The summed E-state index contributed by atoms with van der Waals surface area (Å²) >= 11 is 5.87. The van der Waals surface area contributed by atoms with Crippen molar-refractivity contribution in [3.63, 3.8) is 0 Å². The number of carbonyl (C=O) groups is 2. The second-order valence-electron chi connectivity index (χ2n) is 6.03. The van der Waals surface area contributed by atoms with Crippen molar-refractivity contribution in [3.05, 3.63) is 83.0 Å². The molecule has 29 heavy (non-hydrogen) atoms. The molecule has 0 bridgehead atoms. The topological polar surface area (TPSA) is 77.8 Å². The summed E-state index contributed by atoms with van der Waals surface area (Å²) in [5, 5.41) is 2.51. The Morgan fingerprint density at radius 3 is 2.62 bits per heavy atom. The Morgan fingerprint density at radius 1 is 1.14 bits per heavy atom. The first-order valence-corrected chi connectivity index (χ1v) is 9.03. The van der Waals surface area contributed by atoms with E-state index in [9.17, 15) is 14.0 Å². The minimum absolute atomic E-state index is 0.0333. The summed E-state index contributed by atoms with van der Waals surface area (Å²) in [5.41, 5.74) is 0.208. The van der Waals surface area contributed by atoms with Crippen molar-refractivity contribution in [1.29, 1.82) is 0 Å². The molecule has 150 valence electrons. The van der Waals surface area contributed by atoms with Crippen molar-refractivity contribution in [3.8, 4) is 5.75 Å². The number of benzene rings is 2. The highest BCUT2D eigenvalue weighted by Crippen LogP contribution is 2.23. The molecular formula is C21H17ClFNO5. The van der Waals surface area contributed by atoms with Crippen molar-refractivity contribution in [2.24, 2.45) is 0 Å². The number of rotatable bonds is 7. The van der Waals surface area contributed by atoms with Crippen LogP contribution in [-0.4, -0.2) is 18.0 Å². The quantitative estimate of drug-likeness (QED) is 0.557. The Hall–Kier alpha value is -3.32. The lowest BCUT2D eigenvalue weighted by Gasteiger charge is -2.13. The third-order valence-electron chi connectivity index (χ3n) is 3.83. The molecule has 6 nitrogen and oxygen atoms in total. The highest BCUT2D eigenvalue weighted by molar-refractivity contribution is 6.33. The number of para-hydroxylation sites is 1. The predicted octanol–water partition coefficient (Wildman–Crippen LogP) is 4.84. The Kier molecular flexibility index (Phi) is 6.51. The van der Waals surface area contributed by atoms with E-state index in [0.29, 0.717) is 11.5 Å². The first kappa shape index (κ1) is 20.4. The van der Waals surface area contributed by atoms with Crippen LogP contribution in [0.25, 0.3) is 0 Å². The molecule has 1 amide bonds. The molecule has 0 aliphatic heterocycles. The lowest BCUT2D eigenvalue weighted by molar-refractivity contribution is -0.123. The molecular weight excluding hydrogens is 401 g/mol. The summed E-state index contributed by atoms with van der Waals surface area (Å²) in [4.78, 5) is 24.4. The zero-order chi connectivity index (χ0) is 20.8. The van der Waals surface area contributed by atoms with Gasteiger partial charge in [-0.1, -0.05) is 29.8 Å². The number of amides is 1. The Balaban J connectivity index is 1.54. The maximum Gasteiger partial charge on any atom is 0.375 e. The number of hydrogen-bond donors (Lipinski definition) is 1. The second-order valence-corrected chi connectivity index (χ2v) is 6.44. The molecule has 1 heterocycles. The second kappa shape index (κ2) is 9.25. The molecule has 2 aromatic carbocycles. The molecule has 1 N–H and O–H groups in total. The summed E-state index contributed by atoms with van der Waals surface area (Å²) in [6, 6.07) is 15.7. The lowest BCUT2D eigenvalue weighted by atomic mass is 10.3. The minimum Gasteiger partial charge on any atom is -0.486 e. The molecule has 0 saturated carbocycles. The average molecular weight is 418 g/mol. The first-order valence-electron chi connectivity index (χ1n) is 8.66. The highest BCUT2D eigenvalue weighted by Gasteiger charge is 2.22. The zero-order valence-electron chi connectivity index (χ0n) is 15.4. The molecule has 3 aromatic rings. The van der Waals surface area contributed by atoms with Gasteiger partial charge in [-0.05, 0) is 49.4 Å². The number of anilines is 1. The molecule has 0 aliphatic carbocycles. The number of halogens is 2. The van der Waals surface area contributed by atoms with Gasteiger partial charge in [0.15, 0.2) is 6.10 Å². The highest BCUT2D eigenvalue weighted by atomic mass is 35.5. The van der Waals surface area contributed by atoms with E-state index in [1.807, 2.05) is 18.2 Å². The van der Waals surface area contributed by atoms with Gasteiger partial charge in [0.1, 0.15) is 23.9 Å². The smallest absolute Gasteiger partial charge is 0.375 e. The summed E-state index contributed by atoms with van der Waals surface area (Å²) in [7, 11) is 0. The average Bonchev–Trinajstić information content (AvgIpc) is 3.18. The number of esters is 1. The van der Waals surface area contributed by atoms with Crippen LogP contribution in [0.1, 0.15) is 23.2 Å². The molecule has 1 atom stereocenters. The van der Waals surface area contributed by atoms with Crippen molar-refractivity contribution >= 4 is 29.2 Å². The van der Waals surface area contributed by atoms with Crippen LogP contribution in [-0.2, 0) is 16.1 Å². The Bertz CT molecular complexity index is 1010. The predicted molar refractivity (Wildman–Crippen MR) is 104 cm³/mol. The van der Waals surface area contributed by atoms with Crippen molar-refractivity contribution < 1.29 is 27.9 Å². The summed E-state index contributed by atoms with van der Waals surface area (Å²) < 4.78 is 29.1. The normalized spacial score (nSPS) is 11.6. The van der Waals surface area contributed by atoms with Crippen molar-refractivity contribution in [2.75, 3.05) is 5.32 Å². The number of hydrogen-bond acceptors (Lipinski definition) is 5. The Labute approximate surface area is 171 Å². The molecule has 3 rings (SSSR count). The largest absolute Gasteiger partial charge is 0.486 e. The molecule has 0 fully saturated rings. The van der Waals surface area contributed by atoms with Gasteiger partial charge in [0.05, 0.1) is 10.7 Å². The van der Waals surface area contributed by atoms with Gasteiger partial charge in [-0.15, -0.1) is 0 Å². The standard InChI is InChI=1S/C21H17ClFNO5/c1-13(20(25)24-18-9-7-14(23)11-17(18)22)28-21(26)19-10-8-16(29-19)12-27-15-5-3-2-4-6-15/h2-11,13H,12H2,1H3,(H,24,25). The third kappa shape index (κ3) is 5.58. The monoisotopic (exact) mass is 417 g/mol. The molecule has 0 radical (unpaired) electrons. The van der Waals surface area contributed by atoms with Gasteiger partial charge in [0, 0.05) is 0 Å². The van der Waals surface area contributed by atoms with E-state index in [0.717, 1.165) is 12.1 Å². The van der Waals surface area contributed by atoms with E-state index >= 15 is 0 Å². The van der Waals surface area contributed by atoms with Crippen LogP contribution in [0, 0.1) is 5.82 Å². The van der Waals surface area contributed by atoms with E-state index in [4.69, 9.17) is 25.5 Å². The zero-order valence-corrected chi connectivity index (χ0v) is 16.1. The molecule has 8 heteroatoms. The number of carbonyl (C=O) groups excluding carboxylic acids is 2. The van der Waals surface area contributed by atoms with Crippen LogP contribution in [0.5, 0.6) is 5.75 Å². The molecule has 0 spiro atoms. The maximum absolute atomic E-state index is 13.1. The molecule has 0 saturated heterocycles. The summed E-state index contributed by atoms with van der Waals surface area (Å²) in [6.07, 6.45) is -1.13. The van der Waals surface area contributed by atoms with Crippen LogP contribution in [0.3, 0.4) is 0 Å². The summed E-state index contributed by atoms with van der Waals surface area (Å²) in [6.45, 7) is 1.53. The SMILES string of the molecule is CC(OC(=O)c1ccc(COc2ccccc2)o1)C(=O)Nc1ccc(F)cc1Cl. The number of ether oxygens (including phenoxy) is 2. The molecule has 1 aromatic heterocycles. The van der Waals surface area contributed by atoms with E-state index in [1.165, 1.54) is 19.1 Å². The van der Waals surface area contributed by atoms with Gasteiger partial charge in [0.25, 0.3) is 5.91 Å². The van der Waals surface area contributed by atoms with E-state index in [2.05, 4.69) is 5.32 Å². The van der Waals surface area contributed by atoms with E-state index < -0.39 is 23.8 Å². The van der Waals surface area contributed by atoms with Gasteiger partial charge in [0.2, 0.25) is 5.76 Å². The fraction of sp³-hybridized carbons (Fsp3) is 0.143. The van der Waals surface area contributed by atoms with Gasteiger partial charge in [-0.2, -0.15) is 0 Å². The minimum atomic E-state index is -1.13. The van der Waals surface area contributed by atoms with Gasteiger partial charge in [-0.25, -0.2) is 9.18 Å². The van der Waals surface area contributed by atoms with Gasteiger partial charge in [-0.3, -0.25) is 4.79 Å². The number of furan rings is 1. The van der Waals surface area contributed by atoms with Crippen LogP contribution >= 0.6 is 11.6 Å². The van der Waals surface area contributed by atoms with Crippen LogP contribution < -0.4 is 10.1 Å². The molecule has 0 aliphatic rings.